The molecule has 0 amide bonds. The lowest BCUT2D eigenvalue weighted by Gasteiger charge is -2.09. The van der Waals surface area contributed by atoms with Gasteiger partial charge in [-0.1, -0.05) is 84.9 Å². The van der Waals surface area contributed by atoms with E-state index in [9.17, 15) is 10.2 Å². The van der Waals surface area contributed by atoms with Crippen LogP contribution in [0.15, 0.2) is 97.1 Å². The highest BCUT2D eigenvalue weighted by Crippen LogP contribution is 2.29. The third-order valence-corrected chi connectivity index (χ3v) is 4.85. The zero-order valence-corrected chi connectivity index (χ0v) is 16.7. The molecule has 0 saturated heterocycles. The van der Waals surface area contributed by atoms with Crippen molar-refractivity contribution in [2.45, 2.75) is 13.1 Å². The number of nitrogens with two attached hydrogens (primary N) is 2. The number of phenolic OH excluding ortho intramolecular Hbond substituents is 2. The van der Waals surface area contributed by atoms with Crippen molar-refractivity contribution in [1.29, 1.82) is 0 Å². The zero-order chi connectivity index (χ0) is 21.3. The molecule has 4 nitrogen and oxygen atoms in total. The maximum atomic E-state index is 9.67. The van der Waals surface area contributed by atoms with Gasteiger partial charge in [-0.2, -0.15) is 0 Å². The van der Waals surface area contributed by atoms with E-state index >= 15 is 0 Å². The number of hydrogen-bond donors (Lipinski definition) is 4. The van der Waals surface area contributed by atoms with Crippen LogP contribution < -0.4 is 11.5 Å². The summed E-state index contributed by atoms with van der Waals surface area (Å²) in [6, 6.07) is 30.9. The topological polar surface area (TPSA) is 92.5 Å². The van der Waals surface area contributed by atoms with E-state index in [1.54, 1.807) is 12.1 Å². The summed E-state index contributed by atoms with van der Waals surface area (Å²) in [7, 11) is 0. The van der Waals surface area contributed by atoms with Crippen molar-refractivity contribution in [3.63, 3.8) is 0 Å². The van der Waals surface area contributed by atoms with Crippen molar-refractivity contribution >= 4 is 0 Å². The summed E-state index contributed by atoms with van der Waals surface area (Å²) in [5.74, 6) is 0.526. The molecule has 4 rings (SSSR count). The Kier molecular flexibility index (Phi) is 7.22. The molecular weight excluding hydrogens is 372 g/mol. The first-order valence-corrected chi connectivity index (χ1v) is 9.77. The Balaban J connectivity index is 0.000000171. The van der Waals surface area contributed by atoms with E-state index in [2.05, 4.69) is 0 Å². The summed E-state index contributed by atoms with van der Waals surface area (Å²) in [5, 5.41) is 19.3. The average molecular weight is 399 g/mol. The Hall–Kier alpha value is -3.60. The summed E-state index contributed by atoms with van der Waals surface area (Å²) < 4.78 is 0. The lowest BCUT2D eigenvalue weighted by atomic mass is 9.99. The molecular formula is C26H26N2O2. The van der Waals surface area contributed by atoms with E-state index in [-0.39, 0.29) is 11.5 Å². The van der Waals surface area contributed by atoms with Crippen molar-refractivity contribution in [2.24, 2.45) is 11.5 Å². The average Bonchev–Trinajstić information content (AvgIpc) is 2.80. The predicted molar refractivity (Wildman–Crippen MR) is 123 cm³/mol. The second-order valence-electron chi connectivity index (χ2n) is 6.79. The molecule has 0 aliphatic heterocycles. The minimum absolute atomic E-state index is 0.263. The van der Waals surface area contributed by atoms with Crippen LogP contribution in [0, 0.1) is 0 Å². The molecule has 0 saturated carbocycles. The lowest BCUT2D eigenvalue weighted by Crippen LogP contribution is -1.99. The van der Waals surface area contributed by atoms with Crippen LogP contribution in [0.3, 0.4) is 0 Å². The molecule has 0 heterocycles. The van der Waals surface area contributed by atoms with E-state index < -0.39 is 0 Å². The molecule has 0 atom stereocenters. The summed E-state index contributed by atoms with van der Waals surface area (Å²) in [6.45, 7) is 0.706. The molecule has 0 aliphatic rings. The summed E-state index contributed by atoms with van der Waals surface area (Å²) >= 11 is 0. The van der Waals surface area contributed by atoms with Crippen LogP contribution >= 0.6 is 0 Å². The largest absolute Gasteiger partial charge is 0.508 e. The molecule has 0 unspecified atom stereocenters. The molecule has 4 aromatic rings. The first kappa shape index (κ1) is 21.1. The Labute approximate surface area is 177 Å². The van der Waals surface area contributed by atoms with Gasteiger partial charge in [0.25, 0.3) is 0 Å². The van der Waals surface area contributed by atoms with E-state index in [0.29, 0.717) is 13.1 Å². The van der Waals surface area contributed by atoms with Gasteiger partial charge in [0.1, 0.15) is 11.5 Å². The fourth-order valence-electron chi connectivity index (χ4n) is 3.22. The van der Waals surface area contributed by atoms with E-state index in [1.165, 1.54) is 0 Å². The van der Waals surface area contributed by atoms with Crippen molar-refractivity contribution in [3.05, 3.63) is 108 Å². The Bertz CT molecular complexity index is 1080. The molecule has 4 heteroatoms. The molecule has 0 aliphatic carbocycles. The monoisotopic (exact) mass is 398 g/mol. The van der Waals surface area contributed by atoms with Gasteiger partial charge in [0.2, 0.25) is 0 Å². The number of rotatable bonds is 4. The van der Waals surface area contributed by atoms with Crippen molar-refractivity contribution < 1.29 is 10.2 Å². The lowest BCUT2D eigenvalue weighted by molar-refractivity contribution is 0.468. The van der Waals surface area contributed by atoms with Gasteiger partial charge in [-0.25, -0.2) is 0 Å². The van der Waals surface area contributed by atoms with Crippen LogP contribution in [0.2, 0.25) is 0 Å². The third-order valence-electron chi connectivity index (χ3n) is 4.85. The molecule has 0 radical (unpaired) electrons. The van der Waals surface area contributed by atoms with Gasteiger partial charge in [0, 0.05) is 24.2 Å². The second-order valence-corrected chi connectivity index (χ2v) is 6.79. The van der Waals surface area contributed by atoms with Gasteiger partial charge in [-0.3, -0.25) is 0 Å². The minimum Gasteiger partial charge on any atom is -0.508 e. The van der Waals surface area contributed by atoms with E-state index in [0.717, 1.165) is 33.4 Å². The standard InChI is InChI=1S/2C13H13NO/c14-9-12-11(7-4-8-13(12)15)10-5-2-1-3-6-10;14-9-12-7-6-11(8-13(12)15)10-4-2-1-3-5-10/h2*1-8,15H,9,14H2. The third kappa shape index (κ3) is 5.06. The first-order chi connectivity index (χ1) is 14.6. The Morgan fingerprint density at radius 3 is 1.73 bits per heavy atom. The smallest absolute Gasteiger partial charge is 0.120 e. The van der Waals surface area contributed by atoms with Crippen LogP contribution in [0.5, 0.6) is 11.5 Å². The number of benzene rings is 4. The summed E-state index contributed by atoms with van der Waals surface area (Å²) in [5.41, 5.74) is 16.9. The molecule has 6 N–H and O–H groups in total. The highest BCUT2D eigenvalue weighted by Gasteiger charge is 2.07. The van der Waals surface area contributed by atoms with Crippen molar-refractivity contribution in [2.75, 3.05) is 0 Å². The van der Waals surface area contributed by atoms with Crippen LogP contribution in [0.25, 0.3) is 22.3 Å². The van der Waals surface area contributed by atoms with Crippen LogP contribution in [-0.2, 0) is 13.1 Å². The van der Waals surface area contributed by atoms with Crippen LogP contribution in [-0.4, -0.2) is 10.2 Å². The predicted octanol–water partition coefficient (Wildman–Crippen LogP) is 5.04. The molecule has 152 valence electrons. The van der Waals surface area contributed by atoms with Crippen LogP contribution in [0.4, 0.5) is 0 Å². The van der Waals surface area contributed by atoms with E-state index in [4.69, 9.17) is 11.5 Å². The SMILES string of the molecule is NCc1c(O)cccc1-c1ccccc1.NCc1ccc(-c2ccccc2)cc1O. The van der Waals surface area contributed by atoms with Crippen molar-refractivity contribution in [3.8, 4) is 33.8 Å². The minimum atomic E-state index is 0.263. The fourth-order valence-corrected chi connectivity index (χ4v) is 3.22. The number of aromatic hydroxyl groups is 2. The highest BCUT2D eigenvalue weighted by atomic mass is 16.3. The molecule has 0 fully saturated rings. The van der Waals surface area contributed by atoms with Gasteiger partial charge in [0.05, 0.1) is 0 Å². The number of hydrogen-bond acceptors (Lipinski definition) is 4. The maximum absolute atomic E-state index is 9.67. The molecule has 0 spiro atoms. The summed E-state index contributed by atoms with van der Waals surface area (Å²) in [6.07, 6.45) is 0. The molecule has 4 aromatic carbocycles. The Morgan fingerprint density at radius 2 is 1.17 bits per heavy atom. The van der Waals surface area contributed by atoms with Gasteiger partial charge in [-0.15, -0.1) is 0 Å². The highest BCUT2D eigenvalue weighted by molar-refractivity contribution is 5.70. The maximum Gasteiger partial charge on any atom is 0.120 e. The van der Waals surface area contributed by atoms with Gasteiger partial charge in [0.15, 0.2) is 0 Å². The van der Waals surface area contributed by atoms with Crippen LogP contribution in [0.1, 0.15) is 11.1 Å². The molecule has 30 heavy (non-hydrogen) atoms. The summed E-state index contributed by atoms with van der Waals surface area (Å²) in [4.78, 5) is 0. The normalized spacial score (nSPS) is 10.2. The van der Waals surface area contributed by atoms with Crippen molar-refractivity contribution in [1.82, 2.24) is 0 Å². The van der Waals surface area contributed by atoms with Gasteiger partial charge >= 0.3 is 0 Å². The fraction of sp³-hybridized carbons (Fsp3) is 0.0769. The quantitative estimate of drug-likeness (QED) is 0.388. The molecule has 0 aromatic heterocycles. The zero-order valence-electron chi connectivity index (χ0n) is 16.7. The number of phenols is 2. The first-order valence-electron chi connectivity index (χ1n) is 9.77. The second kappa shape index (κ2) is 10.3. The molecule has 0 bridgehead atoms. The Morgan fingerprint density at radius 1 is 0.533 bits per heavy atom. The van der Waals surface area contributed by atoms with Gasteiger partial charge < -0.3 is 21.7 Å². The van der Waals surface area contributed by atoms with Gasteiger partial charge in [-0.05, 0) is 34.4 Å². The van der Waals surface area contributed by atoms with E-state index in [1.807, 2.05) is 84.9 Å².